The summed E-state index contributed by atoms with van der Waals surface area (Å²) in [7, 11) is -2.41. The highest BCUT2D eigenvalue weighted by Gasteiger charge is 2.56. The summed E-state index contributed by atoms with van der Waals surface area (Å²) in [5.41, 5.74) is 0. The van der Waals surface area contributed by atoms with E-state index in [1.165, 1.54) is 7.11 Å². The number of hydrogen-bond donors (Lipinski definition) is 0. The minimum Gasteiger partial charge on any atom is -0.469 e. The summed E-state index contributed by atoms with van der Waals surface area (Å²) in [6.45, 7) is 3.58. The zero-order chi connectivity index (χ0) is 15.1. The molecule has 0 radical (unpaired) electrons. The number of rotatable bonds is 3. The number of ether oxygens (including phenoxy) is 2. The monoisotopic (exact) mass is 306 g/mol. The standard InChI is InChI=1S/C12H18O7S/c1-6-4-8-7(2)12(19-20(8,15)16)11(6)18-10(14)5-9(13)17-3/h6-8,11-12H,4-5H2,1-3H3. The quantitative estimate of drug-likeness (QED) is 0.418. The number of hydrogen-bond acceptors (Lipinski definition) is 7. The first-order valence-corrected chi connectivity index (χ1v) is 7.91. The van der Waals surface area contributed by atoms with Crippen molar-refractivity contribution in [1.29, 1.82) is 0 Å². The average Bonchev–Trinajstić information content (AvgIpc) is 2.51. The molecule has 2 fully saturated rings. The van der Waals surface area contributed by atoms with Crippen molar-refractivity contribution in [1.82, 2.24) is 0 Å². The lowest BCUT2D eigenvalue weighted by Crippen LogP contribution is -2.46. The molecule has 2 aliphatic rings. The van der Waals surface area contributed by atoms with Crippen molar-refractivity contribution >= 4 is 22.1 Å². The van der Waals surface area contributed by atoms with Crippen molar-refractivity contribution in [2.75, 3.05) is 7.11 Å². The molecule has 1 saturated carbocycles. The second-order valence-electron chi connectivity index (χ2n) is 5.37. The molecule has 20 heavy (non-hydrogen) atoms. The summed E-state index contributed by atoms with van der Waals surface area (Å²) in [6, 6.07) is 0. The molecule has 0 aromatic carbocycles. The number of carbonyl (C=O) groups excluding carboxylic acids is 2. The van der Waals surface area contributed by atoms with E-state index in [4.69, 9.17) is 8.92 Å². The minimum atomic E-state index is -3.59. The Kier molecular flexibility index (Phi) is 4.06. The lowest BCUT2D eigenvalue weighted by Gasteiger charge is -2.34. The summed E-state index contributed by atoms with van der Waals surface area (Å²) in [4.78, 5) is 22.7. The van der Waals surface area contributed by atoms with Gasteiger partial charge >= 0.3 is 11.9 Å². The maximum absolute atomic E-state index is 11.8. The maximum atomic E-state index is 11.8. The van der Waals surface area contributed by atoms with Crippen LogP contribution in [0.5, 0.6) is 0 Å². The molecule has 1 saturated heterocycles. The van der Waals surface area contributed by atoms with E-state index in [1.54, 1.807) is 6.92 Å². The topological polar surface area (TPSA) is 96.0 Å². The summed E-state index contributed by atoms with van der Waals surface area (Å²) in [6.07, 6.45) is -1.43. The molecule has 1 heterocycles. The molecule has 0 aromatic heterocycles. The Hall–Kier alpha value is -1.15. The van der Waals surface area contributed by atoms with Crippen molar-refractivity contribution < 1.29 is 31.7 Å². The van der Waals surface area contributed by atoms with E-state index < -0.39 is 45.9 Å². The number of methoxy groups -OCH3 is 1. The Morgan fingerprint density at radius 1 is 1.25 bits per heavy atom. The average molecular weight is 306 g/mol. The third-order valence-corrected chi connectivity index (χ3v) is 5.85. The van der Waals surface area contributed by atoms with Crippen LogP contribution in [0.1, 0.15) is 26.7 Å². The molecule has 7 nitrogen and oxygen atoms in total. The fourth-order valence-electron chi connectivity index (χ4n) is 2.87. The van der Waals surface area contributed by atoms with E-state index in [0.717, 1.165) is 0 Å². The molecule has 5 unspecified atom stereocenters. The van der Waals surface area contributed by atoms with Crippen LogP contribution in [0.3, 0.4) is 0 Å². The van der Waals surface area contributed by atoms with Crippen LogP contribution in [0.4, 0.5) is 0 Å². The molecule has 114 valence electrons. The van der Waals surface area contributed by atoms with Gasteiger partial charge in [0.25, 0.3) is 10.1 Å². The van der Waals surface area contributed by atoms with Crippen LogP contribution in [0, 0.1) is 11.8 Å². The van der Waals surface area contributed by atoms with Crippen molar-refractivity contribution in [3.63, 3.8) is 0 Å². The van der Waals surface area contributed by atoms with Gasteiger partial charge in [-0.3, -0.25) is 13.8 Å². The normalized spacial score (nSPS) is 38.2. The van der Waals surface area contributed by atoms with Gasteiger partial charge < -0.3 is 9.47 Å². The van der Waals surface area contributed by atoms with Crippen LogP contribution in [-0.4, -0.2) is 44.9 Å². The molecule has 0 aromatic rings. The SMILES string of the molecule is COC(=O)CC(=O)OC1C(C)CC2C(C)C1OS2(=O)=O. The van der Waals surface area contributed by atoms with Crippen molar-refractivity contribution in [3.8, 4) is 0 Å². The molecular formula is C12H18O7S. The molecule has 5 atom stereocenters. The zero-order valence-corrected chi connectivity index (χ0v) is 12.4. The zero-order valence-electron chi connectivity index (χ0n) is 11.6. The largest absolute Gasteiger partial charge is 0.469 e. The lowest BCUT2D eigenvalue weighted by atomic mass is 9.79. The van der Waals surface area contributed by atoms with Crippen LogP contribution >= 0.6 is 0 Å². The summed E-state index contributed by atoms with van der Waals surface area (Å²) in [5.74, 6) is -1.79. The van der Waals surface area contributed by atoms with Crippen molar-refractivity contribution in [2.45, 2.75) is 44.1 Å². The van der Waals surface area contributed by atoms with Gasteiger partial charge in [0, 0.05) is 5.92 Å². The molecule has 0 N–H and O–H groups in total. The molecular weight excluding hydrogens is 288 g/mol. The number of fused-ring (bicyclic) bond motifs is 2. The fourth-order valence-corrected chi connectivity index (χ4v) is 4.82. The third-order valence-electron chi connectivity index (χ3n) is 3.99. The molecule has 1 aliphatic carbocycles. The molecule has 2 rings (SSSR count). The van der Waals surface area contributed by atoms with Crippen LogP contribution in [0.2, 0.25) is 0 Å². The number of esters is 2. The second-order valence-corrected chi connectivity index (χ2v) is 7.16. The van der Waals surface area contributed by atoms with Crippen LogP contribution in [-0.2, 0) is 33.4 Å². The fraction of sp³-hybridized carbons (Fsp3) is 0.833. The van der Waals surface area contributed by atoms with E-state index in [-0.39, 0.29) is 11.8 Å². The highest BCUT2D eigenvalue weighted by molar-refractivity contribution is 7.87. The van der Waals surface area contributed by atoms with Gasteiger partial charge in [-0.25, -0.2) is 0 Å². The van der Waals surface area contributed by atoms with E-state index in [0.29, 0.717) is 6.42 Å². The van der Waals surface area contributed by atoms with Crippen molar-refractivity contribution in [3.05, 3.63) is 0 Å². The van der Waals surface area contributed by atoms with Gasteiger partial charge in [0.15, 0.2) is 0 Å². The number of carbonyl (C=O) groups is 2. The Balaban J connectivity index is 2.09. The first-order chi connectivity index (χ1) is 9.26. The van der Waals surface area contributed by atoms with Crippen LogP contribution < -0.4 is 0 Å². The van der Waals surface area contributed by atoms with E-state index >= 15 is 0 Å². The predicted molar refractivity (Wildman–Crippen MR) is 67.0 cm³/mol. The van der Waals surface area contributed by atoms with Gasteiger partial charge in [-0.2, -0.15) is 8.42 Å². The first kappa shape index (κ1) is 15.2. The first-order valence-electron chi connectivity index (χ1n) is 6.44. The Labute approximate surface area is 117 Å². The molecule has 0 amide bonds. The summed E-state index contributed by atoms with van der Waals surface area (Å²) < 4.78 is 38.3. The van der Waals surface area contributed by atoms with E-state index in [9.17, 15) is 18.0 Å². The Morgan fingerprint density at radius 2 is 1.90 bits per heavy atom. The van der Waals surface area contributed by atoms with Gasteiger partial charge in [0.2, 0.25) is 0 Å². The smallest absolute Gasteiger partial charge is 0.317 e. The highest BCUT2D eigenvalue weighted by Crippen LogP contribution is 2.44. The summed E-state index contributed by atoms with van der Waals surface area (Å²) in [5, 5.41) is -0.543. The van der Waals surface area contributed by atoms with Gasteiger partial charge in [-0.1, -0.05) is 13.8 Å². The van der Waals surface area contributed by atoms with Gasteiger partial charge in [-0.05, 0) is 12.3 Å². The third kappa shape index (κ3) is 2.67. The Bertz CT molecular complexity index is 512. The molecule has 0 spiro atoms. The molecule has 1 aliphatic heterocycles. The molecule has 2 bridgehead atoms. The highest BCUT2D eigenvalue weighted by atomic mass is 32.2. The second kappa shape index (κ2) is 5.33. The predicted octanol–water partition coefficient (Wildman–Crippen LogP) is 0.234. The lowest BCUT2D eigenvalue weighted by molar-refractivity contribution is -0.165. The Morgan fingerprint density at radius 3 is 2.50 bits per heavy atom. The van der Waals surface area contributed by atoms with Gasteiger partial charge in [0.1, 0.15) is 18.6 Å². The van der Waals surface area contributed by atoms with E-state index in [1.807, 2.05) is 6.92 Å². The van der Waals surface area contributed by atoms with Gasteiger partial charge in [0.05, 0.1) is 12.4 Å². The minimum absolute atomic E-state index is 0.139. The molecule has 8 heteroatoms. The van der Waals surface area contributed by atoms with Gasteiger partial charge in [-0.15, -0.1) is 0 Å². The maximum Gasteiger partial charge on any atom is 0.317 e. The van der Waals surface area contributed by atoms with E-state index in [2.05, 4.69) is 4.74 Å². The van der Waals surface area contributed by atoms with Crippen LogP contribution in [0.15, 0.2) is 0 Å². The summed E-state index contributed by atoms with van der Waals surface area (Å²) >= 11 is 0. The van der Waals surface area contributed by atoms with Crippen molar-refractivity contribution in [2.24, 2.45) is 11.8 Å². The van der Waals surface area contributed by atoms with Crippen LogP contribution in [0.25, 0.3) is 0 Å².